The molecule has 0 heterocycles. The number of anilines is 1. The highest BCUT2D eigenvalue weighted by molar-refractivity contribution is 6.34. The smallest absolute Gasteiger partial charge is 0.250 e. The number of hydrogen-bond donors (Lipinski definition) is 2. The van der Waals surface area contributed by atoms with Crippen molar-refractivity contribution in [3.63, 3.8) is 0 Å². The third kappa shape index (κ3) is 3.65. The molecule has 5 heteroatoms. The molecule has 4 nitrogen and oxygen atoms in total. The van der Waals surface area contributed by atoms with Crippen molar-refractivity contribution in [2.24, 2.45) is 5.73 Å². The van der Waals surface area contributed by atoms with Gasteiger partial charge in [-0.15, -0.1) is 0 Å². The van der Waals surface area contributed by atoms with Gasteiger partial charge in [0, 0.05) is 5.69 Å². The number of nitrogens with two attached hydrogens (primary N) is 1. The molecule has 0 aromatic heterocycles. The molecule has 0 aliphatic heterocycles. The molecule has 0 saturated carbocycles. The van der Waals surface area contributed by atoms with Gasteiger partial charge in [0.1, 0.15) is 0 Å². The van der Waals surface area contributed by atoms with Crippen LogP contribution in [0.15, 0.2) is 48.5 Å². The van der Waals surface area contributed by atoms with Crippen molar-refractivity contribution in [3.8, 4) is 0 Å². The van der Waals surface area contributed by atoms with Crippen LogP contribution in [0, 0.1) is 0 Å². The second kappa shape index (κ2) is 7.09. The highest BCUT2D eigenvalue weighted by atomic mass is 35.5. The van der Waals surface area contributed by atoms with Crippen molar-refractivity contribution in [3.05, 3.63) is 64.7 Å². The number of benzene rings is 2. The van der Waals surface area contributed by atoms with Crippen molar-refractivity contribution >= 4 is 29.1 Å². The van der Waals surface area contributed by atoms with Crippen LogP contribution in [0.5, 0.6) is 0 Å². The summed E-state index contributed by atoms with van der Waals surface area (Å²) in [6.07, 6.45) is 0.683. The van der Waals surface area contributed by atoms with Crippen molar-refractivity contribution in [2.75, 3.05) is 5.32 Å². The van der Waals surface area contributed by atoms with Gasteiger partial charge in [0.25, 0.3) is 0 Å². The van der Waals surface area contributed by atoms with E-state index in [0.717, 1.165) is 5.56 Å². The van der Waals surface area contributed by atoms with Crippen molar-refractivity contribution in [2.45, 2.75) is 19.3 Å². The molecule has 1 atom stereocenters. The fourth-order valence-electron chi connectivity index (χ4n) is 2.28. The maximum atomic E-state index is 12.4. The van der Waals surface area contributed by atoms with E-state index >= 15 is 0 Å². The molecule has 2 rings (SSSR count). The molecule has 114 valence electrons. The summed E-state index contributed by atoms with van der Waals surface area (Å²) in [4.78, 5) is 23.6. The second-order valence-corrected chi connectivity index (χ2v) is 5.33. The van der Waals surface area contributed by atoms with Gasteiger partial charge in [-0.3, -0.25) is 9.59 Å². The third-order valence-electron chi connectivity index (χ3n) is 3.43. The van der Waals surface area contributed by atoms with Gasteiger partial charge in [-0.2, -0.15) is 0 Å². The Balaban J connectivity index is 2.17. The Hall–Kier alpha value is -2.33. The van der Waals surface area contributed by atoms with Crippen molar-refractivity contribution < 1.29 is 9.59 Å². The van der Waals surface area contributed by atoms with Gasteiger partial charge in [-0.05, 0) is 30.2 Å². The average Bonchev–Trinajstić information content (AvgIpc) is 2.48. The van der Waals surface area contributed by atoms with Gasteiger partial charge in [-0.1, -0.05) is 48.9 Å². The molecule has 2 amide bonds. The molecule has 0 spiro atoms. The van der Waals surface area contributed by atoms with E-state index in [-0.39, 0.29) is 22.4 Å². The van der Waals surface area contributed by atoms with Gasteiger partial charge < -0.3 is 11.1 Å². The maximum absolute atomic E-state index is 12.4. The minimum Gasteiger partial charge on any atom is -0.366 e. The predicted molar refractivity (Wildman–Crippen MR) is 88.1 cm³/mol. The Kier molecular flexibility index (Phi) is 5.17. The zero-order valence-corrected chi connectivity index (χ0v) is 12.9. The van der Waals surface area contributed by atoms with Crippen LogP contribution in [0.2, 0.25) is 5.02 Å². The minimum absolute atomic E-state index is 0.114. The van der Waals surface area contributed by atoms with Crippen LogP contribution in [0.25, 0.3) is 0 Å². The van der Waals surface area contributed by atoms with Crippen LogP contribution in [0.4, 0.5) is 5.69 Å². The Morgan fingerprint density at radius 3 is 2.41 bits per heavy atom. The van der Waals surface area contributed by atoms with E-state index in [9.17, 15) is 9.59 Å². The molecule has 0 aliphatic carbocycles. The Labute approximate surface area is 134 Å². The molecule has 2 aromatic rings. The van der Waals surface area contributed by atoms with E-state index in [1.165, 1.54) is 12.1 Å². The van der Waals surface area contributed by atoms with Crippen LogP contribution in [-0.2, 0) is 4.79 Å². The van der Waals surface area contributed by atoms with Crippen LogP contribution in [-0.4, -0.2) is 11.8 Å². The summed E-state index contributed by atoms with van der Waals surface area (Å²) in [6.45, 7) is 1.96. The summed E-state index contributed by atoms with van der Waals surface area (Å²) in [5.74, 6) is -0.953. The minimum atomic E-state index is -0.599. The van der Waals surface area contributed by atoms with Crippen LogP contribution < -0.4 is 11.1 Å². The average molecular weight is 317 g/mol. The molecule has 0 saturated heterocycles. The first kappa shape index (κ1) is 16.0. The number of primary amides is 1. The molecule has 0 radical (unpaired) electrons. The summed E-state index contributed by atoms with van der Waals surface area (Å²) in [6, 6.07) is 14.2. The van der Waals surface area contributed by atoms with Crippen LogP contribution in [0.1, 0.15) is 35.2 Å². The first-order valence-electron chi connectivity index (χ1n) is 6.98. The van der Waals surface area contributed by atoms with Gasteiger partial charge in [-0.25, -0.2) is 0 Å². The van der Waals surface area contributed by atoms with E-state index in [2.05, 4.69) is 5.32 Å². The van der Waals surface area contributed by atoms with E-state index in [1.807, 2.05) is 37.3 Å². The largest absolute Gasteiger partial charge is 0.366 e. The summed E-state index contributed by atoms with van der Waals surface area (Å²) in [5, 5.41) is 3.04. The SMILES string of the molecule is CCC(C(=O)Nc1ccc(C(N)=O)c(Cl)c1)c1ccccc1. The third-order valence-corrected chi connectivity index (χ3v) is 3.74. The maximum Gasteiger partial charge on any atom is 0.250 e. The zero-order chi connectivity index (χ0) is 16.1. The number of carbonyl (C=O) groups excluding carboxylic acids is 2. The Morgan fingerprint density at radius 1 is 1.18 bits per heavy atom. The monoisotopic (exact) mass is 316 g/mol. The molecule has 22 heavy (non-hydrogen) atoms. The molecule has 1 unspecified atom stereocenters. The number of hydrogen-bond acceptors (Lipinski definition) is 2. The topological polar surface area (TPSA) is 72.2 Å². The number of halogens is 1. The van der Waals surface area contributed by atoms with Gasteiger partial charge >= 0.3 is 0 Å². The molecular weight excluding hydrogens is 300 g/mol. The predicted octanol–water partition coefficient (Wildman–Crippen LogP) is 3.57. The molecular formula is C17H17ClN2O2. The number of nitrogens with one attached hydrogen (secondary N) is 1. The van der Waals surface area contributed by atoms with E-state index < -0.39 is 5.91 Å². The quantitative estimate of drug-likeness (QED) is 0.885. The second-order valence-electron chi connectivity index (χ2n) is 4.92. The molecule has 0 bridgehead atoms. The van der Waals surface area contributed by atoms with Crippen LogP contribution in [0.3, 0.4) is 0 Å². The van der Waals surface area contributed by atoms with E-state index in [1.54, 1.807) is 6.07 Å². The van der Waals surface area contributed by atoms with Gasteiger partial charge in [0.05, 0.1) is 16.5 Å². The Morgan fingerprint density at radius 2 is 1.86 bits per heavy atom. The highest BCUT2D eigenvalue weighted by Crippen LogP contribution is 2.24. The lowest BCUT2D eigenvalue weighted by Gasteiger charge is -2.15. The standard InChI is InChI=1S/C17H17ClN2O2/c1-2-13(11-6-4-3-5-7-11)17(22)20-12-8-9-14(16(19)21)15(18)10-12/h3-10,13H,2H2,1H3,(H2,19,21)(H,20,22). The zero-order valence-electron chi connectivity index (χ0n) is 12.2. The van der Waals surface area contributed by atoms with E-state index in [4.69, 9.17) is 17.3 Å². The van der Waals surface area contributed by atoms with Crippen LogP contribution >= 0.6 is 11.6 Å². The van der Waals surface area contributed by atoms with E-state index in [0.29, 0.717) is 12.1 Å². The summed E-state index contributed by atoms with van der Waals surface area (Å²) < 4.78 is 0. The lowest BCUT2D eigenvalue weighted by molar-refractivity contribution is -0.117. The van der Waals surface area contributed by atoms with Crippen molar-refractivity contribution in [1.82, 2.24) is 0 Å². The Bertz CT molecular complexity index is 686. The highest BCUT2D eigenvalue weighted by Gasteiger charge is 2.19. The van der Waals surface area contributed by atoms with Gasteiger partial charge in [0.15, 0.2) is 0 Å². The normalized spacial score (nSPS) is 11.7. The lowest BCUT2D eigenvalue weighted by atomic mass is 9.95. The fourth-order valence-corrected chi connectivity index (χ4v) is 2.55. The molecule has 3 N–H and O–H groups in total. The summed E-state index contributed by atoms with van der Waals surface area (Å²) >= 11 is 5.99. The summed E-state index contributed by atoms with van der Waals surface area (Å²) in [7, 11) is 0. The first-order valence-corrected chi connectivity index (χ1v) is 7.36. The molecule has 2 aromatic carbocycles. The fraction of sp³-hybridized carbons (Fsp3) is 0.176. The van der Waals surface area contributed by atoms with Crippen molar-refractivity contribution in [1.29, 1.82) is 0 Å². The lowest BCUT2D eigenvalue weighted by Crippen LogP contribution is -2.21. The number of carbonyl (C=O) groups is 2. The summed E-state index contributed by atoms with van der Waals surface area (Å²) in [5.41, 5.74) is 6.93. The number of amides is 2. The first-order chi connectivity index (χ1) is 10.5. The molecule has 0 fully saturated rings. The number of rotatable bonds is 5. The van der Waals surface area contributed by atoms with Gasteiger partial charge in [0.2, 0.25) is 11.8 Å². The molecule has 0 aliphatic rings.